The molecule has 2 amide bonds. The molecule has 5 rings (SSSR count). The Hall–Kier alpha value is -4.67. The lowest BCUT2D eigenvalue weighted by atomic mass is 9.98. The molecule has 0 spiro atoms. The molecule has 2 heterocycles. The largest absolute Gasteiger partial charge is 0.497 e. The summed E-state index contributed by atoms with van der Waals surface area (Å²) in [5.41, 5.74) is 4.64. The van der Waals surface area contributed by atoms with Crippen LogP contribution in [0.25, 0.3) is 11.3 Å². The number of hydrogen-bond acceptors (Lipinski definition) is 8. The van der Waals surface area contributed by atoms with E-state index in [2.05, 4.69) is 27.5 Å². The lowest BCUT2D eigenvalue weighted by Gasteiger charge is -2.32. The molecule has 10 nitrogen and oxygen atoms in total. The van der Waals surface area contributed by atoms with Crippen LogP contribution in [0, 0.1) is 0 Å². The molecular weight excluding hydrogens is 534 g/mol. The molecule has 0 saturated carbocycles. The standard InChI is InChI=1S/C32H35N5O5/c1-35-14-16-37(17-15-35)20-28(38)36(2)24-11-9-23(10-12-24)33-30(21-6-5-7-25(18-21)41-3)29-26-19-22(32(40)42-4)8-13-27(26)34-31(29)39/h5-13,18-19,33H,14-17,20H2,1-4H3,(H,34,39)/b30-29-. The number of ether oxygens (including phenoxy) is 2. The van der Waals surface area contributed by atoms with Crippen molar-refractivity contribution in [3.05, 3.63) is 83.4 Å². The Kier molecular flexibility index (Phi) is 8.56. The Bertz CT molecular complexity index is 1530. The molecule has 0 aliphatic carbocycles. The van der Waals surface area contributed by atoms with Crippen LogP contribution >= 0.6 is 0 Å². The summed E-state index contributed by atoms with van der Waals surface area (Å²) in [6.07, 6.45) is 0. The maximum Gasteiger partial charge on any atom is 0.337 e. The van der Waals surface area contributed by atoms with Gasteiger partial charge in [-0.05, 0) is 61.6 Å². The van der Waals surface area contributed by atoms with Gasteiger partial charge in [-0.15, -0.1) is 0 Å². The summed E-state index contributed by atoms with van der Waals surface area (Å²) in [4.78, 5) is 44.7. The summed E-state index contributed by atoms with van der Waals surface area (Å²) in [5.74, 6) is -0.136. The molecule has 42 heavy (non-hydrogen) atoms. The van der Waals surface area contributed by atoms with Gasteiger partial charge in [0, 0.05) is 61.4 Å². The quantitative estimate of drug-likeness (QED) is 0.313. The summed E-state index contributed by atoms with van der Waals surface area (Å²) in [6.45, 7) is 4.03. The van der Waals surface area contributed by atoms with Crippen LogP contribution in [0.5, 0.6) is 5.75 Å². The molecule has 10 heteroatoms. The third kappa shape index (κ3) is 6.14. The molecule has 2 N–H and O–H groups in total. The molecule has 1 saturated heterocycles. The highest BCUT2D eigenvalue weighted by molar-refractivity contribution is 6.37. The first-order valence-electron chi connectivity index (χ1n) is 13.7. The van der Waals surface area contributed by atoms with Gasteiger partial charge in [-0.2, -0.15) is 0 Å². The predicted molar refractivity (Wildman–Crippen MR) is 164 cm³/mol. The molecule has 218 valence electrons. The molecule has 2 aliphatic heterocycles. The van der Waals surface area contributed by atoms with Gasteiger partial charge in [0.2, 0.25) is 5.91 Å². The van der Waals surface area contributed by atoms with E-state index in [4.69, 9.17) is 9.47 Å². The molecule has 0 unspecified atom stereocenters. The van der Waals surface area contributed by atoms with Crippen molar-refractivity contribution in [2.24, 2.45) is 0 Å². The van der Waals surface area contributed by atoms with Crippen LogP contribution in [0.1, 0.15) is 21.5 Å². The van der Waals surface area contributed by atoms with Gasteiger partial charge in [0.1, 0.15) is 5.75 Å². The van der Waals surface area contributed by atoms with Crippen LogP contribution < -0.4 is 20.3 Å². The summed E-state index contributed by atoms with van der Waals surface area (Å²) in [7, 11) is 6.77. The molecule has 0 bridgehead atoms. The van der Waals surface area contributed by atoms with Crippen molar-refractivity contribution < 1.29 is 23.9 Å². The maximum absolute atomic E-state index is 13.3. The molecule has 0 radical (unpaired) electrons. The second kappa shape index (κ2) is 12.5. The number of rotatable bonds is 8. The van der Waals surface area contributed by atoms with Crippen molar-refractivity contribution in [1.82, 2.24) is 9.80 Å². The Morgan fingerprint density at radius 1 is 0.952 bits per heavy atom. The highest BCUT2D eigenvalue weighted by atomic mass is 16.5. The number of carbonyl (C=O) groups is 3. The zero-order valence-corrected chi connectivity index (χ0v) is 24.3. The smallest absolute Gasteiger partial charge is 0.337 e. The number of carbonyl (C=O) groups excluding carboxylic acids is 3. The van der Waals surface area contributed by atoms with E-state index in [1.54, 1.807) is 37.3 Å². The SMILES string of the molecule is COC(=O)c1ccc2c(c1)/C(=C(/Nc1ccc(N(C)C(=O)CN3CCN(C)CC3)cc1)c1cccc(OC)c1)C(=O)N2. The lowest BCUT2D eigenvalue weighted by molar-refractivity contribution is -0.119. The fourth-order valence-corrected chi connectivity index (χ4v) is 5.08. The number of nitrogens with one attached hydrogen (secondary N) is 2. The van der Waals surface area contributed by atoms with E-state index in [9.17, 15) is 14.4 Å². The van der Waals surface area contributed by atoms with Gasteiger partial charge in [-0.25, -0.2) is 4.79 Å². The molecule has 3 aromatic rings. The molecule has 0 atom stereocenters. The van der Waals surface area contributed by atoms with Crippen LogP contribution in [0.2, 0.25) is 0 Å². The van der Waals surface area contributed by atoms with E-state index in [0.717, 1.165) is 37.4 Å². The molecule has 2 aliphatic rings. The number of esters is 1. The van der Waals surface area contributed by atoms with E-state index in [-0.39, 0.29) is 11.8 Å². The number of amides is 2. The summed E-state index contributed by atoms with van der Waals surface area (Å²) in [5, 5.41) is 6.32. The van der Waals surface area contributed by atoms with E-state index >= 15 is 0 Å². The van der Waals surface area contributed by atoms with Gasteiger partial charge < -0.3 is 29.9 Å². The van der Waals surface area contributed by atoms with Crippen molar-refractivity contribution >= 4 is 46.1 Å². The molecule has 1 fully saturated rings. The highest BCUT2D eigenvalue weighted by Gasteiger charge is 2.30. The fourth-order valence-electron chi connectivity index (χ4n) is 5.08. The average Bonchev–Trinajstić information content (AvgIpc) is 3.35. The first-order chi connectivity index (χ1) is 20.3. The van der Waals surface area contributed by atoms with Gasteiger partial charge in [0.15, 0.2) is 0 Å². The second-order valence-electron chi connectivity index (χ2n) is 10.4. The Morgan fingerprint density at radius 3 is 2.38 bits per heavy atom. The minimum atomic E-state index is -0.491. The number of anilines is 3. The zero-order chi connectivity index (χ0) is 29.8. The number of hydrogen-bond donors (Lipinski definition) is 2. The third-order valence-electron chi connectivity index (χ3n) is 7.65. The average molecular weight is 570 g/mol. The molecule has 3 aromatic carbocycles. The van der Waals surface area contributed by atoms with Crippen LogP contribution in [-0.2, 0) is 14.3 Å². The van der Waals surface area contributed by atoms with Crippen molar-refractivity contribution in [1.29, 1.82) is 0 Å². The highest BCUT2D eigenvalue weighted by Crippen LogP contribution is 2.39. The Balaban J connectivity index is 1.45. The van der Waals surface area contributed by atoms with E-state index in [0.29, 0.717) is 46.1 Å². The molecule has 0 aromatic heterocycles. The Labute approximate surface area is 245 Å². The second-order valence-corrected chi connectivity index (χ2v) is 10.4. The van der Waals surface area contributed by atoms with Crippen LogP contribution in [0.4, 0.5) is 17.1 Å². The van der Waals surface area contributed by atoms with Crippen LogP contribution in [-0.4, -0.2) is 88.6 Å². The first-order valence-corrected chi connectivity index (χ1v) is 13.7. The minimum absolute atomic E-state index is 0.0279. The predicted octanol–water partition coefficient (Wildman–Crippen LogP) is 3.62. The number of likely N-dealkylation sites (N-methyl/N-ethyl adjacent to an activating group) is 2. The fraction of sp³-hybridized carbons (Fsp3) is 0.281. The number of methoxy groups -OCH3 is 2. The third-order valence-corrected chi connectivity index (χ3v) is 7.65. The monoisotopic (exact) mass is 569 g/mol. The summed E-state index contributed by atoms with van der Waals surface area (Å²) < 4.78 is 10.3. The van der Waals surface area contributed by atoms with Crippen molar-refractivity contribution in [2.45, 2.75) is 0 Å². The van der Waals surface area contributed by atoms with Gasteiger partial charge in [-0.1, -0.05) is 12.1 Å². The van der Waals surface area contributed by atoms with E-state index in [1.165, 1.54) is 7.11 Å². The lowest BCUT2D eigenvalue weighted by Crippen LogP contribution is -2.48. The number of piperazine rings is 1. The Morgan fingerprint density at radius 2 is 1.69 bits per heavy atom. The van der Waals surface area contributed by atoms with Crippen LogP contribution in [0.3, 0.4) is 0 Å². The van der Waals surface area contributed by atoms with E-state index < -0.39 is 5.97 Å². The van der Waals surface area contributed by atoms with Crippen molar-refractivity contribution in [2.75, 3.05) is 76.6 Å². The minimum Gasteiger partial charge on any atom is -0.497 e. The van der Waals surface area contributed by atoms with Gasteiger partial charge in [0.05, 0.1) is 37.6 Å². The summed E-state index contributed by atoms with van der Waals surface area (Å²) >= 11 is 0. The van der Waals surface area contributed by atoms with Gasteiger partial charge in [-0.3, -0.25) is 14.5 Å². The normalized spacial score (nSPS) is 16.3. The van der Waals surface area contributed by atoms with Gasteiger partial charge >= 0.3 is 5.97 Å². The number of benzene rings is 3. The summed E-state index contributed by atoms with van der Waals surface area (Å²) in [6, 6.07) is 19.8. The topological polar surface area (TPSA) is 103 Å². The number of fused-ring (bicyclic) bond motifs is 1. The van der Waals surface area contributed by atoms with E-state index in [1.807, 2.05) is 48.5 Å². The first kappa shape index (κ1) is 28.8. The zero-order valence-electron chi connectivity index (χ0n) is 24.3. The molecular formula is C32H35N5O5. The maximum atomic E-state index is 13.3. The van der Waals surface area contributed by atoms with Crippen LogP contribution in [0.15, 0.2) is 66.7 Å². The number of nitrogens with zero attached hydrogens (tertiary/aromatic N) is 3. The van der Waals surface area contributed by atoms with Crippen molar-refractivity contribution in [3.63, 3.8) is 0 Å². The van der Waals surface area contributed by atoms with Gasteiger partial charge in [0.25, 0.3) is 5.91 Å². The van der Waals surface area contributed by atoms with Crippen molar-refractivity contribution in [3.8, 4) is 5.75 Å².